The Morgan fingerprint density at radius 3 is 3.00 bits per heavy atom. The lowest BCUT2D eigenvalue weighted by Gasteiger charge is -2.29. The quantitative estimate of drug-likeness (QED) is 0.710. The first-order chi connectivity index (χ1) is 11.3. The van der Waals surface area contributed by atoms with Crippen LogP contribution in [0.5, 0.6) is 0 Å². The van der Waals surface area contributed by atoms with E-state index in [0.717, 1.165) is 35.9 Å². The highest BCUT2D eigenvalue weighted by atomic mass is 32.1. The molecule has 0 saturated carbocycles. The summed E-state index contributed by atoms with van der Waals surface area (Å²) >= 11 is 1.79. The monoisotopic (exact) mass is 324 g/mol. The van der Waals surface area contributed by atoms with E-state index >= 15 is 0 Å². The summed E-state index contributed by atoms with van der Waals surface area (Å²) in [6, 6.07) is 12.6. The molecule has 1 aromatic carbocycles. The van der Waals surface area contributed by atoms with Crippen molar-refractivity contribution < 1.29 is 4.79 Å². The number of likely N-dealkylation sites (tertiary alicyclic amines) is 1. The molecule has 23 heavy (non-hydrogen) atoms. The second-order valence-corrected chi connectivity index (χ2v) is 7.18. The van der Waals surface area contributed by atoms with Gasteiger partial charge in [0.15, 0.2) is 5.78 Å². The minimum atomic E-state index is -0.0937. The fourth-order valence-corrected chi connectivity index (χ4v) is 4.57. The Labute approximate surface area is 139 Å². The van der Waals surface area contributed by atoms with E-state index in [1.54, 1.807) is 11.3 Å². The minimum absolute atomic E-state index is 0.0937. The molecule has 2 aromatic heterocycles. The SMILES string of the molecule is C[C@@H](C(=O)c1c[nH]c2ccccc12)N1CCC[C@@H]1c1cccs1. The molecule has 0 aliphatic carbocycles. The van der Waals surface area contributed by atoms with Crippen molar-refractivity contribution in [3.8, 4) is 0 Å². The molecule has 3 heterocycles. The van der Waals surface area contributed by atoms with E-state index in [2.05, 4.69) is 34.3 Å². The van der Waals surface area contributed by atoms with Crippen LogP contribution in [0.1, 0.15) is 41.0 Å². The van der Waals surface area contributed by atoms with Gasteiger partial charge in [-0.1, -0.05) is 24.3 Å². The van der Waals surface area contributed by atoms with Crippen LogP contribution in [0.15, 0.2) is 48.0 Å². The van der Waals surface area contributed by atoms with E-state index in [0.29, 0.717) is 6.04 Å². The van der Waals surface area contributed by atoms with Crippen LogP contribution in [0.25, 0.3) is 10.9 Å². The highest BCUT2D eigenvalue weighted by Gasteiger charge is 2.34. The van der Waals surface area contributed by atoms with Gasteiger partial charge in [0.05, 0.1) is 6.04 Å². The van der Waals surface area contributed by atoms with Gasteiger partial charge in [0.1, 0.15) is 0 Å². The number of ketones is 1. The lowest BCUT2D eigenvalue weighted by atomic mass is 10.0. The van der Waals surface area contributed by atoms with Gasteiger partial charge in [-0.2, -0.15) is 0 Å². The average Bonchev–Trinajstić information content (AvgIpc) is 3.31. The van der Waals surface area contributed by atoms with Crippen molar-refractivity contribution in [2.75, 3.05) is 6.54 Å². The van der Waals surface area contributed by atoms with Crippen molar-refractivity contribution in [2.24, 2.45) is 0 Å². The number of benzene rings is 1. The number of nitrogens with one attached hydrogen (secondary N) is 1. The van der Waals surface area contributed by atoms with Crippen LogP contribution in [0.3, 0.4) is 0 Å². The van der Waals surface area contributed by atoms with Crippen molar-refractivity contribution >= 4 is 28.0 Å². The van der Waals surface area contributed by atoms with E-state index in [4.69, 9.17) is 0 Å². The molecule has 0 spiro atoms. The first kappa shape index (κ1) is 14.7. The molecule has 0 amide bonds. The van der Waals surface area contributed by atoms with Gasteiger partial charge in [-0.3, -0.25) is 9.69 Å². The average molecular weight is 324 g/mol. The Bertz CT molecular complexity index is 821. The van der Waals surface area contributed by atoms with Crippen LogP contribution in [0.4, 0.5) is 0 Å². The largest absolute Gasteiger partial charge is 0.360 e. The molecule has 118 valence electrons. The summed E-state index contributed by atoms with van der Waals surface area (Å²) in [7, 11) is 0. The summed E-state index contributed by atoms with van der Waals surface area (Å²) in [6.07, 6.45) is 4.17. The summed E-state index contributed by atoms with van der Waals surface area (Å²) in [5, 5.41) is 3.15. The summed E-state index contributed by atoms with van der Waals surface area (Å²) in [5.74, 6) is 0.214. The van der Waals surface area contributed by atoms with E-state index in [-0.39, 0.29) is 11.8 Å². The predicted molar refractivity (Wildman–Crippen MR) is 95.1 cm³/mol. The molecular weight excluding hydrogens is 304 g/mol. The lowest BCUT2D eigenvalue weighted by Crippen LogP contribution is -2.38. The smallest absolute Gasteiger partial charge is 0.181 e. The third-order valence-corrected chi connectivity index (χ3v) is 5.87. The van der Waals surface area contributed by atoms with E-state index in [1.807, 2.05) is 30.5 Å². The van der Waals surface area contributed by atoms with Gasteiger partial charge in [0.2, 0.25) is 0 Å². The van der Waals surface area contributed by atoms with Gasteiger partial charge in [-0.25, -0.2) is 0 Å². The molecule has 1 fully saturated rings. The van der Waals surface area contributed by atoms with Gasteiger partial charge in [-0.15, -0.1) is 11.3 Å². The second kappa shape index (κ2) is 5.95. The Morgan fingerprint density at radius 2 is 2.17 bits per heavy atom. The molecule has 3 nitrogen and oxygen atoms in total. The maximum Gasteiger partial charge on any atom is 0.181 e. The molecule has 0 unspecified atom stereocenters. The van der Waals surface area contributed by atoms with Crippen LogP contribution in [-0.2, 0) is 0 Å². The molecule has 2 atom stereocenters. The van der Waals surface area contributed by atoms with Crippen LogP contribution in [0, 0.1) is 0 Å². The maximum atomic E-state index is 13.1. The molecule has 0 radical (unpaired) electrons. The summed E-state index contributed by atoms with van der Waals surface area (Å²) in [4.78, 5) is 20.0. The molecule has 1 N–H and O–H groups in total. The number of fused-ring (bicyclic) bond motifs is 1. The van der Waals surface area contributed by atoms with Gasteiger partial charge in [-0.05, 0) is 43.8 Å². The molecule has 4 heteroatoms. The van der Waals surface area contributed by atoms with Crippen molar-refractivity contribution in [2.45, 2.75) is 31.8 Å². The molecule has 1 aliphatic rings. The first-order valence-corrected chi connectivity index (χ1v) is 9.03. The third-order valence-electron chi connectivity index (χ3n) is 4.90. The number of carbonyl (C=O) groups excluding carboxylic acids is 1. The number of hydrogen-bond acceptors (Lipinski definition) is 3. The molecule has 1 saturated heterocycles. The standard InChI is InChI=1S/C19H20N2OS/c1-13(21-10-4-8-17(21)18-9-5-11-23-18)19(22)15-12-20-16-7-3-2-6-14(15)16/h2-3,5-7,9,11-13,17,20H,4,8,10H2,1H3/t13-,17+/m0/s1. The van der Waals surface area contributed by atoms with E-state index in [1.165, 1.54) is 4.88 Å². The zero-order chi connectivity index (χ0) is 15.8. The minimum Gasteiger partial charge on any atom is -0.360 e. The zero-order valence-electron chi connectivity index (χ0n) is 13.2. The number of carbonyl (C=O) groups is 1. The molecule has 1 aliphatic heterocycles. The highest BCUT2D eigenvalue weighted by molar-refractivity contribution is 7.10. The number of aromatic nitrogens is 1. The molecular formula is C19H20N2OS. The van der Waals surface area contributed by atoms with Gasteiger partial charge >= 0.3 is 0 Å². The number of H-pyrrole nitrogens is 1. The number of para-hydroxylation sites is 1. The molecule has 3 aromatic rings. The fraction of sp³-hybridized carbons (Fsp3) is 0.316. The number of hydrogen-bond donors (Lipinski definition) is 1. The first-order valence-electron chi connectivity index (χ1n) is 8.15. The third kappa shape index (κ3) is 2.52. The van der Waals surface area contributed by atoms with Gasteiger partial charge in [0, 0.05) is 33.6 Å². The Kier molecular flexibility index (Phi) is 3.79. The maximum absolute atomic E-state index is 13.1. The number of aromatic amines is 1. The zero-order valence-corrected chi connectivity index (χ0v) is 14.0. The Balaban J connectivity index is 1.63. The number of rotatable bonds is 4. The Hall–Kier alpha value is -1.91. The number of nitrogens with zero attached hydrogens (tertiary/aromatic N) is 1. The van der Waals surface area contributed by atoms with Crippen molar-refractivity contribution in [1.29, 1.82) is 0 Å². The van der Waals surface area contributed by atoms with Gasteiger partial charge in [0.25, 0.3) is 0 Å². The van der Waals surface area contributed by atoms with Crippen molar-refractivity contribution in [3.05, 3.63) is 58.4 Å². The van der Waals surface area contributed by atoms with E-state index < -0.39 is 0 Å². The summed E-state index contributed by atoms with van der Waals surface area (Å²) < 4.78 is 0. The van der Waals surface area contributed by atoms with Crippen molar-refractivity contribution in [1.82, 2.24) is 9.88 Å². The molecule has 0 bridgehead atoms. The second-order valence-electron chi connectivity index (χ2n) is 6.20. The Morgan fingerprint density at radius 1 is 1.30 bits per heavy atom. The summed E-state index contributed by atoms with van der Waals surface area (Å²) in [5.41, 5.74) is 1.84. The number of thiophene rings is 1. The summed E-state index contributed by atoms with van der Waals surface area (Å²) in [6.45, 7) is 3.05. The van der Waals surface area contributed by atoms with Crippen molar-refractivity contribution in [3.63, 3.8) is 0 Å². The number of Topliss-reactive ketones (excluding diaryl/α,β-unsaturated/α-hetero) is 1. The van der Waals surface area contributed by atoms with Gasteiger partial charge < -0.3 is 4.98 Å². The van der Waals surface area contributed by atoms with Crippen LogP contribution >= 0.6 is 11.3 Å². The normalized spacial score (nSPS) is 20.1. The topological polar surface area (TPSA) is 36.1 Å². The lowest BCUT2D eigenvalue weighted by molar-refractivity contribution is 0.0823. The fourth-order valence-electron chi connectivity index (χ4n) is 3.69. The predicted octanol–water partition coefficient (Wildman–Crippen LogP) is 4.64. The van der Waals surface area contributed by atoms with Crippen LogP contribution in [-0.4, -0.2) is 28.3 Å². The highest BCUT2D eigenvalue weighted by Crippen LogP contribution is 2.36. The van der Waals surface area contributed by atoms with E-state index in [9.17, 15) is 4.79 Å². The van der Waals surface area contributed by atoms with Crippen LogP contribution in [0.2, 0.25) is 0 Å². The van der Waals surface area contributed by atoms with Crippen LogP contribution < -0.4 is 0 Å². The molecule has 4 rings (SSSR count).